The van der Waals surface area contributed by atoms with Crippen LogP contribution in [0.3, 0.4) is 0 Å². The first-order valence-electron chi connectivity index (χ1n) is 11.5. The number of carbonyl (C=O) groups excluding carboxylic acids is 1. The minimum Gasteiger partial charge on any atom is -0.466 e. The Morgan fingerprint density at radius 2 is 1.87 bits per heavy atom. The van der Waals surface area contributed by atoms with E-state index in [4.69, 9.17) is 9.72 Å². The van der Waals surface area contributed by atoms with Gasteiger partial charge in [-0.15, -0.1) is 0 Å². The molecule has 0 radical (unpaired) electrons. The van der Waals surface area contributed by atoms with E-state index >= 15 is 0 Å². The van der Waals surface area contributed by atoms with Gasteiger partial charge >= 0.3 is 5.97 Å². The largest absolute Gasteiger partial charge is 0.466 e. The average molecular weight is 408 g/mol. The Morgan fingerprint density at radius 3 is 2.71 bits per heavy atom. The zero-order valence-corrected chi connectivity index (χ0v) is 17.9. The third-order valence-electron chi connectivity index (χ3n) is 8.28. The molecule has 0 spiro atoms. The van der Waals surface area contributed by atoms with Crippen molar-refractivity contribution in [1.82, 2.24) is 4.98 Å². The highest BCUT2D eigenvalue weighted by Gasteiger charge is 2.58. The Labute approximate surface area is 182 Å². The topological polar surface area (TPSA) is 39.2 Å². The summed E-state index contributed by atoms with van der Waals surface area (Å²) in [5, 5.41) is 1.37. The van der Waals surface area contributed by atoms with E-state index in [-0.39, 0.29) is 11.4 Å². The van der Waals surface area contributed by atoms with E-state index in [2.05, 4.69) is 49.4 Å². The minimum absolute atomic E-state index is 0.0291. The maximum Gasteiger partial charge on any atom is 0.309 e. The summed E-state index contributed by atoms with van der Waals surface area (Å²) in [6.07, 6.45) is 4.72. The van der Waals surface area contributed by atoms with Crippen LogP contribution in [0.25, 0.3) is 16.5 Å². The molecule has 1 aromatic heterocycles. The van der Waals surface area contributed by atoms with Crippen molar-refractivity contribution in [2.45, 2.75) is 50.9 Å². The molecule has 4 unspecified atom stereocenters. The van der Waals surface area contributed by atoms with E-state index in [1.807, 2.05) is 13.1 Å². The number of aromatic nitrogens is 1. The third-order valence-corrected chi connectivity index (χ3v) is 8.28. The lowest BCUT2D eigenvalue weighted by atomic mass is 9.75. The van der Waals surface area contributed by atoms with Gasteiger partial charge in [-0.05, 0) is 82.4 Å². The Bertz CT molecular complexity index is 1320. The van der Waals surface area contributed by atoms with E-state index < -0.39 is 0 Å². The molecule has 2 saturated carbocycles. The predicted molar refractivity (Wildman–Crippen MR) is 121 cm³/mol. The van der Waals surface area contributed by atoms with Crippen molar-refractivity contribution < 1.29 is 9.53 Å². The fraction of sp³-hybridized carbons (Fsp3) is 0.357. The van der Waals surface area contributed by atoms with Gasteiger partial charge in [0.05, 0.1) is 18.5 Å². The van der Waals surface area contributed by atoms with Crippen LogP contribution in [0.5, 0.6) is 0 Å². The van der Waals surface area contributed by atoms with Crippen molar-refractivity contribution in [2.75, 3.05) is 6.61 Å². The Hall–Kier alpha value is -2.94. The summed E-state index contributed by atoms with van der Waals surface area (Å²) >= 11 is 0. The molecule has 31 heavy (non-hydrogen) atoms. The first-order chi connectivity index (χ1) is 15.1. The van der Waals surface area contributed by atoms with E-state index in [1.54, 1.807) is 0 Å². The van der Waals surface area contributed by atoms with Crippen LogP contribution in [0, 0.1) is 5.41 Å². The summed E-state index contributed by atoms with van der Waals surface area (Å²) in [5.41, 5.74) is 10.4. The summed E-state index contributed by atoms with van der Waals surface area (Å²) in [7, 11) is 0. The second-order valence-electron chi connectivity index (χ2n) is 9.87. The summed E-state index contributed by atoms with van der Waals surface area (Å²) in [6.45, 7) is 4.62. The fourth-order valence-corrected chi connectivity index (χ4v) is 6.60. The normalized spacial score (nSPS) is 28.8. The number of hydrogen-bond donors (Lipinski definition) is 0. The van der Waals surface area contributed by atoms with E-state index in [0.29, 0.717) is 30.8 Å². The smallest absolute Gasteiger partial charge is 0.309 e. The van der Waals surface area contributed by atoms with E-state index in [1.165, 1.54) is 50.8 Å². The quantitative estimate of drug-likeness (QED) is 0.492. The van der Waals surface area contributed by atoms with Crippen molar-refractivity contribution in [2.24, 2.45) is 5.41 Å². The van der Waals surface area contributed by atoms with Crippen molar-refractivity contribution >= 4 is 22.4 Å². The van der Waals surface area contributed by atoms with Crippen molar-refractivity contribution in [3.63, 3.8) is 0 Å². The Balaban J connectivity index is 1.52. The van der Waals surface area contributed by atoms with Crippen molar-refractivity contribution in [3.05, 3.63) is 82.1 Å². The van der Waals surface area contributed by atoms with Crippen molar-refractivity contribution in [3.8, 4) is 0 Å². The van der Waals surface area contributed by atoms with E-state index in [0.717, 1.165) is 11.9 Å². The third kappa shape index (κ3) is 2.24. The number of benzene rings is 2. The number of hydrogen-bond acceptors (Lipinski definition) is 3. The predicted octanol–water partition coefficient (Wildman–Crippen LogP) is 6.08. The molecule has 4 atom stereocenters. The standard InChI is InChI=1S/C28H25NO2/c1-3-31-24(30)13-22-25(16-7-5-4-6-15(16)23-14-28(22,23)2)19-9-8-17-20-12-21(20)18-10-11-29-27(19)26(17)18/h4-11,20-21,23H,3,12-14H2,1-2H3. The van der Waals surface area contributed by atoms with Gasteiger partial charge in [-0.2, -0.15) is 0 Å². The number of fused-ring (bicyclic) bond motifs is 6. The SMILES string of the molecule is CCOC(=O)CC1=C(c2ccc3c4c(ccnc24)C2CC32)c2ccccc2C2CC12C. The molecule has 2 aromatic carbocycles. The first-order valence-corrected chi connectivity index (χ1v) is 11.5. The van der Waals surface area contributed by atoms with Crippen LogP contribution in [-0.2, 0) is 9.53 Å². The Morgan fingerprint density at radius 1 is 1.06 bits per heavy atom. The molecule has 0 amide bonds. The number of pyridine rings is 1. The summed E-state index contributed by atoms with van der Waals surface area (Å²) in [4.78, 5) is 17.6. The van der Waals surface area contributed by atoms with Gasteiger partial charge in [-0.25, -0.2) is 0 Å². The van der Waals surface area contributed by atoms with Gasteiger partial charge in [-0.1, -0.05) is 43.3 Å². The van der Waals surface area contributed by atoms with Crippen LogP contribution in [0.1, 0.15) is 78.7 Å². The number of nitrogens with zero attached hydrogens (tertiary/aromatic N) is 1. The molecular formula is C28H25NO2. The maximum atomic E-state index is 12.7. The molecule has 3 heteroatoms. The molecule has 7 rings (SSSR count). The van der Waals surface area contributed by atoms with Gasteiger partial charge in [-0.3, -0.25) is 9.78 Å². The summed E-state index contributed by atoms with van der Waals surface area (Å²) in [6, 6.07) is 15.6. The van der Waals surface area contributed by atoms with Gasteiger partial charge in [0.25, 0.3) is 0 Å². The molecule has 4 aliphatic carbocycles. The summed E-state index contributed by atoms with van der Waals surface area (Å²) in [5.74, 6) is 1.75. The van der Waals surface area contributed by atoms with Crippen LogP contribution in [0.15, 0.2) is 54.2 Å². The second kappa shape index (κ2) is 5.85. The number of esters is 1. The van der Waals surface area contributed by atoms with Crippen LogP contribution in [0.4, 0.5) is 0 Å². The molecular weight excluding hydrogens is 382 g/mol. The fourth-order valence-electron chi connectivity index (χ4n) is 6.60. The van der Waals surface area contributed by atoms with Crippen LogP contribution in [0.2, 0.25) is 0 Å². The monoisotopic (exact) mass is 407 g/mol. The first kappa shape index (κ1) is 17.7. The van der Waals surface area contributed by atoms with Crippen LogP contribution in [-0.4, -0.2) is 17.6 Å². The van der Waals surface area contributed by atoms with Gasteiger partial charge in [0.2, 0.25) is 0 Å². The lowest BCUT2D eigenvalue weighted by molar-refractivity contribution is -0.142. The van der Waals surface area contributed by atoms with Gasteiger partial charge in [0.15, 0.2) is 0 Å². The molecule has 3 aromatic rings. The zero-order chi connectivity index (χ0) is 20.9. The molecule has 2 fully saturated rings. The Kier molecular flexibility index (Phi) is 3.34. The highest BCUT2D eigenvalue weighted by molar-refractivity contribution is 6.03. The summed E-state index contributed by atoms with van der Waals surface area (Å²) < 4.78 is 5.40. The van der Waals surface area contributed by atoms with Gasteiger partial charge in [0, 0.05) is 17.1 Å². The van der Waals surface area contributed by atoms with Gasteiger partial charge in [0.1, 0.15) is 0 Å². The number of ether oxygens (including phenoxy) is 1. The molecule has 154 valence electrons. The number of carbonyl (C=O) groups is 1. The molecule has 4 aliphatic rings. The van der Waals surface area contributed by atoms with E-state index in [9.17, 15) is 4.79 Å². The molecule has 0 aliphatic heterocycles. The van der Waals surface area contributed by atoms with Crippen LogP contribution < -0.4 is 0 Å². The van der Waals surface area contributed by atoms with Gasteiger partial charge < -0.3 is 4.74 Å². The molecule has 0 saturated heterocycles. The highest BCUT2D eigenvalue weighted by atomic mass is 16.5. The molecule has 0 bridgehead atoms. The second-order valence-corrected chi connectivity index (χ2v) is 9.87. The molecule has 3 nitrogen and oxygen atoms in total. The zero-order valence-electron chi connectivity index (χ0n) is 17.9. The van der Waals surface area contributed by atoms with Crippen LogP contribution >= 0.6 is 0 Å². The molecule has 1 heterocycles. The number of rotatable bonds is 4. The maximum absolute atomic E-state index is 12.7. The molecule has 0 N–H and O–H groups in total. The minimum atomic E-state index is -0.124. The lowest BCUT2D eigenvalue weighted by Gasteiger charge is -2.29. The highest BCUT2D eigenvalue weighted by Crippen LogP contribution is 2.70. The van der Waals surface area contributed by atoms with Crippen molar-refractivity contribution in [1.29, 1.82) is 0 Å². The average Bonchev–Trinajstić information content (AvgIpc) is 3.68. The lowest BCUT2D eigenvalue weighted by Crippen LogP contribution is -2.18.